The van der Waals surface area contributed by atoms with E-state index in [4.69, 9.17) is 14.2 Å². The second kappa shape index (κ2) is 10.5. The molecule has 14 rings (SSSR count). The molecule has 4 heterocycles. The van der Waals surface area contributed by atoms with E-state index in [0.717, 1.165) is 54.5 Å². The number of ether oxygens (including phenoxy) is 3. The third-order valence-corrected chi connectivity index (χ3v) is 21.6. The molecule has 8 saturated carbocycles. The van der Waals surface area contributed by atoms with Crippen molar-refractivity contribution in [2.45, 2.75) is 162 Å². The highest BCUT2D eigenvalue weighted by atomic mass is 31.1. The van der Waals surface area contributed by atoms with Gasteiger partial charge in [-0.1, -0.05) is 56.5 Å². The molecule has 3 nitrogen and oxygen atoms in total. The van der Waals surface area contributed by atoms with Gasteiger partial charge in [-0.05, 0) is 185 Å². The predicted molar refractivity (Wildman–Crippen MR) is 207 cm³/mol. The van der Waals surface area contributed by atoms with Crippen LogP contribution in [0.2, 0.25) is 0 Å². The Balaban J connectivity index is 1.11. The standard InChI is InChI=1S/C45H60O3P2/c1-39-26-41(3)47-40(2,27-42(4,46-39)48-41)45(39,28-49)38-11-10-36(35-8-6-5-7-9-35)18-37(38)25-50(43-19-29-12-30(20-43)14-31(13-29)21-43)44-22-32-15-33(23-44)17-34(16-32)24-44/h5-11,18,29-34H,12-17,19-28,49H2,1-4H3. The molecular weight excluding hydrogens is 650 g/mol. The lowest BCUT2D eigenvalue weighted by atomic mass is 9.51. The number of rotatable bonds is 7. The van der Waals surface area contributed by atoms with Crippen molar-refractivity contribution in [2.24, 2.45) is 35.5 Å². The first kappa shape index (κ1) is 32.6. The topological polar surface area (TPSA) is 27.7 Å². The smallest absolute Gasteiger partial charge is 0.172 e. The van der Waals surface area contributed by atoms with Gasteiger partial charge in [0.25, 0.3) is 0 Å². The summed E-state index contributed by atoms with van der Waals surface area (Å²) in [5.74, 6) is 4.76. The fraction of sp³-hybridized carbons (Fsp3) is 0.733. The van der Waals surface area contributed by atoms with Crippen LogP contribution in [0.15, 0.2) is 48.5 Å². The van der Waals surface area contributed by atoms with Crippen molar-refractivity contribution < 1.29 is 14.2 Å². The highest BCUT2D eigenvalue weighted by molar-refractivity contribution is 7.60. The maximum Gasteiger partial charge on any atom is 0.172 e. The van der Waals surface area contributed by atoms with E-state index in [1.54, 1.807) is 44.1 Å². The molecule has 0 N–H and O–H groups in total. The predicted octanol–water partition coefficient (Wildman–Crippen LogP) is 11.2. The van der Waals surface area contributed by atoms with Crippen LogP contribution in [0.1, 0.15) is 129 Å². The van der Waals surface area contributed by atoms with Crippen molar-refractivity contribution in [3.63, 3.8) is 0 Å². The third-order valence-electron chi connectivity index (χ3n) is 16.9. The number of hydrogen-bond acceptors (Lipinski definition) is 3. The van der Waals surface area contributed by atoms with E-state index < -0.39 is 22.8 Å². The molecular formula is C45H60O3P2. The fourth-order valence-electron chi connectivity index (χ4n) is 16.8. The zero-order valence-corrected chi connectivity index (χ0v) is 33.2. The van der Waals surface area contributed by atoms with Gasteiger partial charge in [0.15, 0.2) is 11.6 Å². The molecule has 12 aliphatic rings. The molecule has 12 fully saturated rings. The van der Waals surface area contributed by atoms with Crippen LogP contribution < -0.4 is 0 Å². The summed E-state index contributed by atoms with van der Waals surface area (Å²) in [5.41, 5.74) is 4.83. The molecule has 2 aromatic carbocycles. The molecule has 4 aliphatic heterocycles. The Morgan fingerprint density at radius 2 is 1.06 bits per heavy atom. The van der Waals surface area contributed by atoms with Gasteiger partial charge in [-0.3, -0.25) is 0 Å². The van der Waals surface area contributed by atoms with Gasteiger partial charge >= 0.3 is 0 Å². The van der Waals surface area contributed by atoms with Gasteiger partial charge in [-0.15, -0.1) is 9.24 Å². The van der Waals surface area contributed by atoms with Crippen molar-refractivity contribution in [1.29, 1.82) is 0 Å². The Morgan fingerprint density at radius 1 is 0.600 bits per heavy atom. The molecule has 0 aromatic heterocycles. The highest BCUT2D eigenvalue weighted by Gasteiger charge is 2.78. The van der Waals surface area contributed by atoms with Crippen molar-refractivity contribution >= 4 is 17.2 Å². The number of hydrogen-bond donors (Lipinski definition) is 0. The minimum Gasteiger partial charge on any atom is -0.343 e. The average Bonchev–Trinajstić information content (AvgIpc) is 3.01. The minimum absolute atomic E-state index is 0.212. The van der Waals surface area contributed by atoms with E-state index in [9.17, 15) is 0 Å². The molecule has 50 heavy (non-hydrogen) atoms. The zero-order valence-electron chi connectivity index (χ0n) is 31.1. The summed E-state index contributed by atoms with van der Waals surface area (Å²) in [4.78, 5) is 0. The fourth-order valence-corrected chi connectivity index (χ4v) is 23.0. The first-order valence-electron chi connectivity index (χ1n) is 20.6. The van der Waals surface area contributed by atoms with Gasteiger partial charge in [0.1, 0.15) is 0 Å². The molecule has 5 atom stereocenters. The molecule has 5 unspecified atom stereocenters. The zero-order chi connectivity index (χ0) is 33.9. The lowest BCUT2D eigenvalue weighted by Gasteiger charge is -2.74. The van der Waals surface area contributed by atoms with Crippen LogP contribution in [0.3, 0.4) is 0 Å². The van der Waals surface area contributed by atoms with Crippen LogP contribution in [0.4, 0.5) is 0 Å². The molecule has 0 amide bonds. The molecule has 268 valence electrons. The van der Waals surface area contributed by atoms with Crippen LogP contribution in [0.5, 0.6) is 0 Å². The largest absolute Gasteiger partial charge is 0.343 e. The summed E-state index contributed by atoms with van der Waals surface area (Å²) in [6, 6.07) is 19.0. The normalized spacial score (nSPS) is 52.6. The molecule has 12 bridgehead atoms. The quantitative estimate of drug-likeness (QED) is 0.268. The van der Waals surface area contributed by atoms with Gasteiger partial charge in [0.2, 0.25) is 0 Å². The summed E-state index contributed by atoms with van der Waals surface area (Å²) in [6.07, 6.45) is 22.3. The van der Waals surface area contributed by atoms with Gasteiger partial charge < -0.3 is 14.2 Å². The van der Waals surface area contributed by atoms with Crippen molar-refractivity contribution in [3.8, 4) is 11.1 Å². The van der Waals surface area contributed by atoms with Crippen molar-refractivity contribution in [2.75, 3.05) is 6.16 Å². The van der Waals surface area contributed by atoms with Gasteiger partial charge in [-0.2, -0.15) is 0 Å². The van der Waals surface area contributed by atoms with E-state index in [1.165, 1.54) is 61.4 Å². The summed E-state index contributed by atoms with van der Waals surface area (Å²) in [6.45, 7) is 9.20. The van der Waals surface area contributed by atoms with E-state index in [1.807, 2.05) is 0 Å². The first-order valence-corrected chi connectivity index (χ1v) is 23.0. The van der Waals surface area contributed by atoms with Gasteiger partial charge in [0.05, 0.1) is 16.6 Å². The number of benzene rings is 2. The van der Waals surface area contributed by atoms with Crippen LogP contribution >= 0.6 is 17.2 Å². The van der Waals surface area contributed by atoms with Crippen LogP contribution in [0, 0.1) is 35.5 Å². The van der Waals surface area contributed by atoms with Crippen molar-refractivity contribution in [1.82, 2.24) is 0 Å². The SMILES string of the molecule is CC12CC3(C)OC(C)(CC(C)(O1)C3(CP)c1ccc(-c3ccccc3)cc1CP(C13CC4CC(CC(C4)C1)C3)C13CC4CC(CC(C4)C1)C3)O2. The average molecular weight is 711 g/mol. The molecule has 5 heteroatoms. The maximum absolute atomic E-state index is 7.26. The molecule has 2 aromatic rings. The lowest BCUT2D eigenvalue weighted by molar-refractivity contribution is -0.531. The molecule has 4 saturated heterocycles. The minimum atomic E-state index is -0.618. The second-order valence-corrected chi connectivity index (χ2v) is 24.1. The lowest BCUT2D eigenvalue weighted by Crippen LogP contribution is -2.84. The summed E-state index contributed by atoms with van der Waals surface area (Å²) < 4.78 is 21.1. The monoisotopic (exact) mass is 710 g/mol. The summed E-state index contributed by atoms with van der Waals surface area (Å²) >= 11 is 0. The molecule has 8 aliphatic carbocycles. The van der Waals surface area contributed by atoms with Crippen LogP contribution in [0.25, 0.3) is 11.1 Å². The van der Waals surface area contributed by atoms with Crippen LogP contribution in [-0.4, -0.2) is 39.3 Å². The van der Waals surface area contributed by atoms with E-state index in [0.29, 0.717) is 10.3 Å². The first-order chi connectivity index (χ1) is 23.9. The van der Waals surface area contributed by atoms with E-state index in [2.05, 4.69) is 85.5 Å². The van der Waals surface area contributed by atoms with Gasteiger partial charge in [-0.25, -0.2) is 0 Å². The third kappa shape index (κ3) is 4.40. The Morgan fingerprint density at radius 3 is 1.50 bits per heavy atom. The maximum atomic E-state index is 7.26. The Kier molecular flexibility index (Phi) is 6.83. The Hall–Kier alpha value is -0.820. The molecule has 0 spiro atoms. The second-order valence-electron chi connectivity index (χ2n) is 20.6. The Bertz CT molecular complexity index is 1560. The van der Waals surface area contributed by atoms with Crippen molar-refractivity contribution in [3.05, 3.63) is 59.7 Å². The summed E-state index contributed by atoms with van der Waals surface area (Å²) in [7, 11) is 3.02. The molecule has 0 radical (unpaired) electrons. The van der Waals surface area contributed by atoms with E-state index in [-0.39, 0.29) is 13.3 Å². The van der Waals surface area contributed by atoms with E-state index >= 15 is 0 Å². The van der Waals surface area contributed by atoms with Gasteiger partial charge in [0, 0.05) is 12.8 Å². The van der Waals surface area contributed by atoms with Crippen LogP contribution in [-0.2, 0) is 25.8 Å². The Labute approximate surface area is 305 Å². The highest BCUT2D eigenvalue weighted by Crippen LogP contribution is 2.80. The summed E-state index contributed by atoms with van der Waals surface area (Å²) in [5, 5.41) is 1.17.